The van der Waals surface area contributed by atoms with Gasteiger partial charge < -0.3 is 5.11 Å². The van der Waals surface area contributed by atoms with Gasteiger partial charge >= 0.3 is 0 Å². The predicted octanol–water partition coefficient (Wildman–Crippen LogP) is 10.1. The fourth-order valence-corrected chi connectivity index (χ4v) is 6.71. The lowest BCUT2D eigenvalue weighted by molar-refractivity contribution is 0.0173. The zero-order chi connectivity index (χ0) is 27.2. The molecule has 36 heavy (non-hydrogen) atoms. The van der Waals surface area contributed by atoms with E-state index in [0.29, 0.717) is 6.42 Å². The van der Waals surface area contributed by atoms with Gasteiger partial charge in [-0.15, -0.1) is 0 Å². The Hall–Kier alpha value is 0.540. The van der Waals surface area contributed by atoms with Crippen LogP contribution in [0, 0.1) is 0 Å². The van der Waals surface area contributed by atoms with Gasteiger partial charge in [-0.25, -0.2) is 0 Å². The van der Waals surface area contributed by atoms with Gasteiger partial charge in [-0.2, -0.15) is 8.42 Å². The molecule has 0 aliphatic carbocycles. The van der Waals surface area contributed by atoms with E-state index in [1.807, 2.05) is 0 Å². The van der Waals surface area contributed by atoms with Crippen molar-refractivity contribution in [2.45, 2.75) is 124 Å². The number of rotatable bonds is 19. The van der Waals surface area contributed by atoms with Crippen molar-refractivity contribution in [1.29, 1.82) is 0 Å². The van der Waals surface area contributed by atoms with E-state index in [4.69, 9.17) is 58.0 Å². The van der Waals surface area contributed by atoms with Crippen molar-refractivity contribution in [2.24, 2.45) is 0 Å². The molecule has 0 saturated carbocycles. The second-order valence-corrected chi connectivity index (χ2v) is 14.9. The summed E-state index contributed by atoms with van der Waals surface area (Å²) in [4.78, 5) is 0. The van der Waals surface area contributed by atoms with Crippen LogP contribution in [-0.4, -0.2) is 27.1 Å². The molecule has 2 atom stereocenters. The Balaban J connectivity index is 2.59. The predicted molar refractivity (Wildman–Crippen MR) is 156 cm³/mol. The van der Waals surface area contributed by atoms with Gasteiger partial charge in [-0.05, 0) is 36.6 Å². The lowest BCUT2D eigenvalue weighted by atomic mass is 9.85. The number of halogens is 5. The molecule has 0 radical (unpaired) electrons. The summed E-state index contributed by atoms with van der Waals surface area (Å²) in [6, 6.07) is 4.39. The molecule has 0 aromatic heterocycles. The van der Waals surface area contributed by atoms with E-state index >= 15 is 0 Å². The highest BCUT2D eigenvalue weighted by molar-refractivity contribution is 7.86. The summed E-state index contributed by atoms with van der Waals surface area (Å²) in [5.74, 6) is 0. The van der Waals surface area contributed by atoms with Crippen LogP contribution in [0.5, 0.6) is 0 Å². The van der Waals surface area contributed by atoms with Crippen LogP contribution in [0.1, 0.15) is 115 Å². The first kappa shape index (κ1) is 34.6. The first-order chi connectivity index (χ1) is 16.8. The zero-order valence-corrected chi connectivity index (χ0v) is 25.7. The van der Waals surface area contributed by atoms with Crippen molar-refractivity contribution in [2.75, 3.05) is 0 Å². The third-order valence-electron chi connectivity index (χ3n) is 6.51. The highest BCUT2D eigenvalue weighted by Gasteiger charge is 2.42. The Morgan fingerprint density at radius 3 is 1.58 bits per heavy atom. The van der Waals surface area contributed by atoms with Gasteiger partial charge in [-0.1, -0.05) is 148 Å². The van der Waals surface area contributed by atoms with Gasteiger partial charge in [0.05, 0.1) is 10.9 Å². The number of unbranched alkanes of at least 4 members (excludes halogenated alkanes) is 12. The number of hydrogen-bond donors (Lipinski definition) is 2. The summed E-state index contributed by atoms with van der Waals surface area (Å²) in [6.45, 7) is 2.23. The Morgan fingerprint density at radius 1 is 0.778 bits per heavy atom. The quantitative estimate of drug-likeness (QED) is 0.0910. The van der Waals surface area contributed by atoms with Crippen LogP contribution in [-0.2, 0) is 15.7 Å². The molecular formula is C26H41Cl5O4S. The number of benzene rings is 1. The Bertz CT molecular complexity index is 840. The van der Waals surface area contributed by atoms with Crippen molar-refractivity contribution < 1.29 is 18.1 Å². The van der Waals surface area contributed by atoms with Gasteiger partial charge in [0.15, 0.2) is 3.79 Å². The SMILES string of the molecule is CCCCCCCCCCCCCCCC(CC(O)(CC(Cl)(Cl)Cl)c1cc(Cl)cc(Cl)c1)S(=O)(=O)O. The minimum Gasteiger partial charge on any atom is -0.385 e. The van der Waals surface area contributed by atoms with E-state index in [2.05, 4.69) is 6.92 Å². The van der Waals surface area contributed by atoms with Gasteiger partial charge in [0, 0.05) is 16.5 Å². The van der Waals surface area contributed by atoms with Crippen LogP contribution in [0.15, 0.2) is 18.2 Å². The topological polar surface area (TPSA) is 74.6 Å². The van der Waals surface area contributed by atoms with E-state index in [-0.39, 0.29) is 28.5 Å². The van der Waals surface area contributed by atoms with E-state index in [0.717, 1.165) is 19.3 Å². The summed E-state index contributed by atoms with van der Waals surface area (Å²) >= 11 is 30.1. The maximum atomic E-state index is 12.2. The highest BCUT2D eigenvalue weighted by atomic mass is 35.6. The third kappa shape index (κ3) is 15.2. The van der Waals surface area contributed by atoms with Crippen LogP contribution in [0.3, 0.4) is 0 Å². The van der Waals surface area contributed by atoms with Crippen molar-refractivity contribution in [3.8, 4) is 0 Å². The van der Waals surface area contributed by atoms with Crippen LogP contribution < -0.4 is 0 Å². The van der Waals surface area contributed by atoms with E-state index in [9.17, 15) is 18.1 Å². The number of hydrogen-bond acceptors (Lipinski definition) is 3. The van der Waals surface area contributed by atoms with Crippen LogP contribution in [0.2, 0.25) is 10.0 Å². The second kappa shape index (κ2) is 17.3. The Morgan fingerprint density at radius 2 is 1.19 bits per heavy atom. The first-order valence-electron chi connectivity index (χ1n) is 13.0. The maximum absolute atomic E-state index is 12.2. The third-order valence-corrected chi connectivity index (χ3v) is 8.59. The Kier molecular flexibility index (Phi) is 16.6. The van der Waals surface area contributed by atoms with Crippen LogP contribution in [0.4, 0.5) is 0 Å². The molecule has 2 N–H and O–H groups in total. The summed E-state index contributed by atoms with van der Waals surface area (Å²) in [5.41, 5.74) is -1.65. The summed E-state index contributed by atoms with van der Waals surface area (Å²) in [7, 11) is -4.45. The highest BCUT2D eigenvalue weighted by Crippen LogP contribution is 2.44. The summed E-state index contributed by atoms with van der Waals surface area (Å²) in [5, 5.41) is 10.7. The van der Waals surface area contributed by atoms with Gasteiger partial charge in [-0.3, -0.25) is 4.55 Å². The average molecular weight is 627 g/mol. The van der Waals surface area contributed by atoms with Crippen LogP contribution in [0.25, 0.3) is 0 Å². The number of aliphatic hydroxyl groups is 1. The second-order valence-electron chi connectivity index (χ2n) is 9.85. The first-order valence-corrected chi connectivity index (χ1v) is 16.4. The summed E-state index contributed by atoms with van der Waals surface area (Å²) < 4.78 is 32.4. The molecule has 4 nitrogen and oxygen atoms in total. The standard InChI is InChI=1S/C26H41Cl5O4S/c1-2-3-4-5-6-7-8-9-10-11-12-13-14-15-24(36(33,34)35)19-25(32,20-26(29,30)31)21-16-22(27)18-23(28)17-21/h16-18,24,32H,2-15,19-20H2,1H3,(H,33,34,35). The van der Waals surface area contributed by atoms with Crippen molar-refractivity contribution in [3.05, 3.63) is 33.8 Å². The smallest absolute Gasteiger partial charge is 0.267 e. The van der Waals surface area contributed by atoms with Gasteiger partial charge in [0.1, 0.15) is 0 Å². The molecule has 0 saturated heterocycles. The summed E-state index contributed by atoms with van der Waals surface area (Å²) in [6.07, 6.45) is 14.6. The molecule has 0 aliphatic heterocycles. The lowest BCUT2D eigenvalue weighted by Crippen LogP contribution is -2.37. The molecule has 1 rings (SSSR count). The number of alkyl halides is 3. The van der Waals surface area contributed by atoms with Crippen molar-refractivity contribution in [1.82, 2.24) is 0 Å². The van der Waals surface area contributed by atoms with Crippen molar-refractivity contribution in [3.63, 3.8) is 0 Å². The molecule has 0 amide bonds. The molecule has 2 unspecified atom stereocenters. The molecule has 1 aromatic carbocycles. The van der Waals surface area contributed by atoms with Crippen molar-refractivity contribution >= 4 is 68.1 Å². The fraction of sp³-hybridized carbons (Fsp3) is 0.769. The maximum Gasteiger partial charge on any atom is 0.267 e. The molecule has 0 aliphatic rings. The lowest BCUT2D eigenvalue weighted by Gasteiger charge is -2.34. The molecular weight excluding hydrogens is 586 g/mol. The Labute approximate surface area is 243 Å². The van der Waals surface area contributed by atoms with Crippen LogP contribution >= 0.6 is 58.0 Å². The van der Waals surface area contributed by atoms with E-state index < -0.39 is 31.2 Å². The molecule has 0 heterocycles. The minimum atomic E-state index is -4.45. The molecule has 0 bridgehead atoms. The van der Waals surface area contributed by atoms with Gasteiger partial charge in [0.2, 0.25) is 0 Å². The molecule has 210 valence electrons. The monoisotopic (exact) mass is 624 g/mol. The fourth-order valence-electron chi connectivity index (χ4n) is 4.57. The molecule has 10 heteroatoms. The molecule has 0 spiro atoms. The minimum absolute atomic E-state index is 0.188. The normalized spacial score (nSPS) is 15.1. The van der Waals surface area contributed by atoms with E-state index in [1.165, 1.54) is 76.0 Å². The van der Waals surface area contributed by atoms with E-state index in [1.54, 1.807) is 0 Å². The zero-order valence-electron chi connectivity index (χ0n) is 21.1. The largest absolute Gasteiger partial charge is 0.385 e. The average Bonchev–Trinajstić information content (AvgIpc) is 2.73. The molecule has 1 aromatic rings. The molecule has 0 fully saturated rings. The van der Waals surface area contributed by atoms with Gasteiger partial charge in [0.25, 0.3) is 10.1 Å².